The molecule has 0 aromatic heterocycles. The van der Waals surface area contributed by atoms with Gasteiger partial charge in [0, 0.05) is 0 Å². The van der Waals surface area contributed by atoms with Crippen LogP contribution in [0.15, 0.2) is 48.6 Å². The van der Waals surface area contributed by atoms with E-state index in [1.54, 1.807) is 0 Å². The first-order valence-corrected chi connectivity index (χ1v) is 7.25. The first-order chi connectivity index (χ1) is 7.04. The van der Waals surface area contributed by atoms with Crippen LogP contribution in [-0.2, 0) is 23.2 Å². The van der Waals surface area contributed by atoms with E-state index in [-0.39, 0.29) is 3.63 Å². The number of hydrogen-bond acceptors (Lipinski definition) is 0. The summed E-state index contributed by atoms with van der Waals surface area (Å²) in [5.41, 5.74) is 0. The Bertz CT molecular complexity index is 337. The Kier molecular flexibility index (Phi) is 2.89. The van der Waals surface area contributed by atoms with Gasteiger partial charge in [0.15, 0.2) is 0 Å². The standard InChI is InChI=1S/C6H4F3.C5H5.Zr/c7-6(8,9)5-3-1-2-4-5;1-2-4-5-3-1;/h1-4H;1-5H;. The molecule has 2 rings (SSSR count). The van der Waals surface area contributed by atoms with Crippen LogP contribution in [-0.4, -0.2) is 6.18 Å². The van der Waals surface area contributed by atoms with Gasteiger partial charge in [0.1, 0.15) is 0 Å². The van der Waals surface area contributed by atoms with E-state index in [1.807, 2.05) is 24.3 Å². The Labute approximate surface area is 97.8 Å². The fourth-order valence-corrected chi connectivity index (χ4v) is 5.36. The van der Waals surface area contributed by atoms with Crippen molar-refractivity contribution < 1.29 is 36.4 Å². The van der Waals surface area contributed by atoms with Gasteiger partial charge in [-0.25, -0.2) is 0 Å². The molecule has 0 heterocycles. The van der Waals surface area contributed by atoms with E-state index < -0.39 is 32.5 Å². The van der Waals surface area contributed by atoms with Crippen molar-refractivity contribution in [3.05, 3.63) is 48.6 Å². The summed E-state index contributed by atoms with van der Waals surface area (Å²) < 4.78 is 37.3. The van der Waals surface area contributed by atoms with Gasteiger partial charge in [-0.15, -0.1) is 0 Å². The van der Waals surface area contributed by atoms with E-state index in [0.717, 1.165) is 0 Å². The maximum atomic E-state index is 13.0. The molecule has 0 saturated heterocycles. The van der Waals surface area contributed by atoms with Gasteiger partial charge in [-0.2, -0.15) is 0 Å². The van der Waals surface area contributed by atoms with E-state index in [9.17, 15) is 13.2 Å². The minimum absolute atomic E-state index is 0.0580. The van der Waals surface area contributed by atoms with E-state index in [2.05, 4.69) is 0 Å². The van der Waals surface area contributed by atoms with Gasteiger partial charge in [-0.1, -0.05) is 0 Å². The van der Waals surface area contributed by atoms with Gasteiger partial charge in [-0.3, -0.25) is 0 Å². The molecular formula is C11H9F3Zr. The van der Waals surface area contributed by atoms with E-state index in [4.69, 9.17) is 0 Å². The molecule has 0 radical (unpaired) electrons. The van der Waals surface area contributed by atoms with Crippen LogP contribution in [0.1, 0.15) is 0 Å². The summed E-state index contributed by atoms with van der Waals surface area (Å²) in [6, 6.07) is 0. The molecule has 4 heteroatoms. The van der Waals surface area contributed by atoms with Crippen LogP contribution in [0.5, 0.6) is 0 Å². The Balaban J connectivity index is 2.21. The van der Waals surface area contributed by atoms with Crippen LogP contribution in [0.4, 0.5) is 13.2 Å². The number of allylic oxidation sites excluding steroid dienone is 8. The van der Waals surface area contributed by atoms with Gasteiger partial charge in [-0.05, 0) is 0 Å². The number of alkyl halides is 3. The fourth-order valence-electron chi connectivity index (χ4n) is 1.64. The third-order valence-electron chi connectivity index (χ3n) is 2.45. The molecule has 0 unspecified atom stereocenters. The van der Waals surface area contributed by atoms with E-state index in [0.29, 0.717) is 0 Å². The molecule has 78 valence electrons. The second-order valence-electron chi connectivity index (χ2n) is 3.52. The predicted molar refractivity (Wildman–Crippen MR) is 49.1 cm³/mol. The molecule has 0 aliphatic heterocycles. The van der Waals surface area contributed by atoms with Crippen molar-refractivity contribution >= 4 is 0 Å². The van der Waals surface area contributed by atoms with Gasteiger partial charge in [0.05, 0.1) is 0 Å². The molecule has 0 N–H and O–H groups in total. The predicted octanol–water partition coefficient (Wildman–Crippen LogP) is 3.83. The summed E-state index contributed by atoms with van der Waals surface area (Å²) in [5.74, 6) is 0. The number of rotatable bonds is 2. The Hall–Kier alpha value is -0.367. The molecule has 0 nitrogen and oxygen atoms in total. The monoisotopic (exact) mass is 288 g/mol. The third kappa shape index (κ3) is 2.10. The molecule has 0 spiro atoms. The van der Waals surface area contributed by atoms with Crippen molar-refractivity contribution in [3.8, 4) is 0 Å². The second kappa shape index (κ2) is 3.90. The molecule has 15 heavy (non-hydrogen) atoms. The Morgan fingerprint density at radius 1 is 0.933 bits per heavy atom. The van der Waals surface area contributed by atoms with Crippen LogP contribution < -0.4 is 0 Å². The zero-order chi connectivity index (χ0) is 10.9. The Morgan fingerprint density at radius 2 is 1.47 bits per heavy atom. The van der Waals surface area contributed by atoms with Gasteiger partial charge < -0.3 is 0 Å². The van der Waals surface area contributed by atoms with Gasteiger partial charge >= 0.3 is 97.9 Å². The fraction of sp³-hybridized carbons (Fsp3) is 0.273. The van der Waals surface area contributed by atoms with Gasteiger partial charge in [0.25, 0.3) is 0 Å². The van der Waals surface area contributed by atoms with Crippen molar-refractivity contribution in [3.63, 3.8) is 0 Å². The average molecular weight is 289 g/mol. The molecule has 0 saturated carbocycles. The van der Waals surface area contributed by atoms with Crippen LogP contribution in [0.2, 0.25) is 6.75 Å². The van der Waals surface area contributed by atoms with Gasteiger partial charge in [0.2, 0.25) is 0 Å². The molecule has 2 aliphatic carbocycles. The summed E-state index contributed by atoms with van der Waals surface area (Å²) >= 11 is -1.63. The molecule has 0 fully saturated rings. The first kappa shape index (κ1) is 11.1. The van der Waals surface area contributed by atoms with Crippen molar-refractivity contribution in [1.29, 1.82) is 0 Å². The normalized spacial score (nSPS) is 22.9. The zero-order valence-corrected chi connectivity index (χ0v) is 10.3. The summed E-state index contributed by atoms with van der Waals surface area (Å²) in [7, 11) is 0. The number of hydrogen-bond donors (Lipinski definition) is 0. The quantitative estimate of drug-likeness (QED) is 0.725. The van der Waals surface area contributed by atoms with Crippen LogP contribution in [0.25, 0.3) is 0 Å². The summed E-state index contributed by atoms with van der Waals surface area (Å²) in [6.07, 6.45) is 8.94. The first-order valence-electron chi connectivity index (χ1n) is 4.60. The maximum absolute atomic E-state index is 13.0. The molecule has 0 aromatic rings. The topological polar surface area (TPSA) is 0 Å². The van der Waals surface area contributed by atoms with Crippen molar-refractivity contribution in [2.45, 2.75) is 12.9 Å². The SMILES string of the molecule is FC(F)(F)[C]1([Zr][CH]2C=CC=C2)C=CC=C1. The summed E-state index contributed by atoms with van der Waals surface area (Å²) in [5, 5.41) is 0. The third-order valence-corrected chi connectivity index (χ3v) is 6.91. The van der Waals surface area contributed by atoms with Crippen LogP contribution in [0.3, 0.4) is 0 Å². The zero-order valence-electron chi connectivity index (χ0n) is 7.83. The molecule has 0 atom stereocenters. The van der Waals surface area contributed by atoms with Crippen LogP contribution >= 0.6 is 0 Å². The molecule has 0 amide bonds. The Morgan fingerprint density at radius 3 is 1.93 bits per heavy atom. The van der Waals surface area contributed by atoms with Crippen molar-refractivity contribution in [1.82, 2.24) is 0 Å². The van der Waals surface area contributed by atoms with E-state index >= 15 is 0 Å². The second-order valence-corrected chi connectivity index (χ2v) is 7.91. The molecule has 0 bridgehead atoms. The number of halogens is 3. The van der Waals surface area contributed by atoms with Crippen molar-refractivity contribution in [2.24, 2.45) is 0 Å². The minimum atomic E-state index is -4.13. The molecular weight excluding hydrogens is 280 g/mol. The van der Waals surface area contributed by atoms with E-state index in [1.165, 1.54) is 24.3 Å². The van der Waals surface area contributed by atoms with Crippen molar-refractivity contribution in [2.75, 3.05) is 0 Å². The molecule has 0 aromatic carbocycles. The summed E-state index contributed by atoms with van der Waals surface area (Å²) in [4.78, 5) is 0. The van der Waals surface area contributed by atoms with Crippen LogP contribution in [0, 0.1) is 0 Å². The molecule has 2 aliphatic rings. The average Bonchev–Trinajstić information content (AvgIpc) is 2.74. The summed E-state index contributed by atoms with van der Waals surface area (Å²) in [6.45, 7) is 0.